The largest absolute Gasteiger partial charge is 0.472 e. The van der Waals surface area contributed by atoms with Crippen LogP contribution >= 0.6 is 15.6 Å². The molecule has 3 N–H and O–H groups in total. The van der Waals surface area contributed by atoms with E-state index in [0.717, 1.165) is 108 Å². The molecule has 0 aromatic heterocycles. The number of aliphatic hydroxyl groups is 1. The summed E-state index contributed by atoms with van der Waals surface area (Å²) in [5.74, 6) is 0.0997. The first-order chi connectivity index (χ1) is 42.7. The molecule has 0 heterocycles. The second-order valence-corrected chi connectivity index (χ2v) is 29.6. The summed E-state index contributed by atoms with van der Waals surface area (Å²) >= 11 is 0. The predicted molar refractivity (Wildman–Crippen MR) is 358 cm³/mol. The van der Waals surface area contributed by atoms with Crippen LogP contribution in [0.4, 0.5) is 0 Å². The van der Waals surface area contributed by atoms with Crippen molar-refractivity contribution in [1.82, 2.24) is 0 Å². The predicted octanol–water partition coefficient (Wildman–Crippen LogP) is 19.8. The van der Waals surface area contributed by atoms with Crippen molar-refractivity contribution < 1.29 is 80.2 Å². The molecule has 528 valence electrons. The Kier molecular flexibility index (Phi) is 59.6. The van der Waals surface area contributed by atoms with Crippen molar-refractivity contribution in [2.45, 2.75) is 369 Å². The molecule has 0 aromatic rings. The molecule has 19 heteroatoms. The Morgan fingerprint density at radius 2 is 0.517 bits per heavy atom. The molecule has 0 aliphatic carbocycles. The quantitative estimate of drug-likeness (QED) is 0.0222. The molecule has 0 spiro atoms. The van der Waals surface area contributed by atoms with Gasteiger partial charge in [0.15, 0.2) is 12.2 Å². The summed E-state index contributed by atoms with van der Waals surface area (Å²) < 4.78 is 68.3. The van der Waals surface area contributed by atoms with Gasteiger partial charge in [-0.05, 0) is 43.4 Å². The Labute approximate surface area is 543 Å². The smallest absolute Gasteiger partial charge is 0.462 e. The van der Waals surface area contributed by atoms with Crippen molar-refractivity contribution >= 4 is 39.5 Å². The van der Waals surface area contributed by atoms with Crippen LogP contribution in [0.25, 0.3) is 0 Å². The van der Waals surface area contributed by atoms with Gasteiger partial charge in [0, 0.05) is 25.7 Å². The molecule has 0 amide bonds. The average molecular weight is 1310 g/mol. The van der Waals surface area contributed by atoms with E-state index in [9.17, 15) is 43.2 Å². The van der Waals surface area contributed by atoms with Crippen LogP contribution in [0.1, 0.15) is 350 Å². The topological polar surface area (TPSA) is 237 Å². The van der Waals surface area contributed by atoms with Gasteiger partial charge in [-0.2, -0.15) is 0 Å². The molecular weight excluding hydrogens is 1170 g/mol. The summed E-state index contributed by atoms with van der Waals surface area (Å²) in [6.07, 6.45) is 44.4. The average Bonchev–Trinajstić information content (AvgIpc) is 3.49. The minimum absolute atomic E-state index is 0.106. The minimum atomic E-state index is -4.95. The van der Waals surface area contributed by atoms with Crippen LogP contribution in [-0.4, -0.2) is 96.7 Å². The summed E-state index contributed by atoms with van der Waals surface area (Å²) in [6, 6.07) is 0. The molecule has 0 aliphatic rings. The fraction of sp³-hybridized carbons (Fsp3) is 0.943. The summed E-state index contributed by atoms with van der Waals surface area (Å²) in [7, 11) is -9.90. The maximum atomic E-state index is 13.0. The van der Waals surface area contributed by atoms with Crippen molar-refractivity contribution in [3.05, 3.63) is 0 Å². The monoisotopic (exact) mass is 1310 g/mol. The third kappa shape index (κ3) is 64.6. The van der Waals surface area contributed by atoms with E-state index < -0.39 is 97.5 Å². The first-order valence-electron chi connectivity index (χ1n) is 36.3. The fourth-order valence-corrected chi connectivity index (χ4v) is 12.1. The molecule has 0 fully saturated rings. The zero-order valence-electron chi connectivity index (χ0n) is 57.9. The zero-order chi connectivity index (χ0) is 65.9. The molecule has 0 aliphatic heterocycles. The Bertz CT molecular complexity index is 1750. The number of hydrogen-bond acceptors (Lipinski definition) is 15. The normalized spacial score (nSPS) is 14.2. The van der Waals surface area contributed by atoms with Gasteiger partial charge in [-0.25, -0.2) is 9.13 Å². The van der Waals surface area contributed by atoms with Gasteiger partial charge < -0.3 is 33.8 Å². The van der Waals surface area contributed by atoms with Crippen molar-refractivity contribution in [3.63, 3.8) is 0 Å². The van der Waals surface area contributed by atoms with E-state index in [0.29, 0.717) is 31.6 Å². The number of phosphoric ester groups is 2. The van der Waals surface area contributed by atoms with E-state index in [-0.39, 0.29) is 25.7 Å². The van der Waals surface area contributed by atoms with Gasteiger partial charge in [0.2, 0.25) is 0 Å². The maximum absolute atomic E-state index is 13.0. The molecule has 0 saturated carbocycles. The first kappa shape index (κ1) is 87.1. The number of rotatable bonds is 68. The van der Waals surface area contributed by atoms with Gasteiger partial charge in [0.25, 0.3) is 0 Å². The molecule has 0 rings (SSSR count). The number of unbranched alkanes of at least 4 members (excludes halogenated alkanes) is 36. The molecule has 0 saturated heterocycles. The van der Waals surface area contributed by atoms with Crippen molar-refractivity contribution in [2.24, 2.45) is 17.8 Å². The second-order valence-electron chi connectivity index (χ2n) is 26.7. The summed E-state index contributed by atoms with van der Waals surface area (Å²) in [6.45, 7) is 11.8. The lowest BCUT2D eigenvalue weighted by Crippen LogP contribution is -2.30. The Balaban J connectivity index is 5.25. The van der Waals surface area contributed by atoms with E-state index in [1.165, 1.54) is 154 Å². The fourth-order valence-electron chi connectivity index (χ4n) is 10.5. The molecule has 0 bridgehead atoms. The van der Waals surface area contributed by atoms with Gasteiger partial charge in [-0.3, -0.25) is 37.3 Å². The van der Waals surface area contributed by atoms with Crippen LogP contribution in [-0.2, 0) is 65.4 Å². The number of hydrogen-bond donors (Lipinski definition) is 3. The summed E-state index contributed by atoms with van der Waals surface area (Å²) in [5, 5.41) is 10.6. The highest BCUT2D eigenvalue weighted by Gasteiger charge is 2.30. The third-order valence-corrected chi connectivity index (χ3v) is 18.0. The number of esters is 4. The highest BCUT2D eigenvalue weighted by atomic mass is 31.2. The number of carbonyl (C=O) groups is 4. The van der Waals surface area contributed by atoms with Crippen LogP contribution in [0.3, 0.4) is 0 Å². The number of phosphoric acid groups is 2. The highest BCUT2D eigenvalue weighted by Crippen LogP contribution is 2.45. The molecule has 0 aromatic carbocycles. The van der Waals surface area contributed by atoms with Crippen LogP contribution in [0, 0.1) is 17.8 Å². The molecule has 89 heavy (non-hydrogen) atoms. The van der Waals surface area contributed by atoms with Gasteiger partial charge in [0.05, 0.1) is 26.4 Å². The summed E-state index contributed by atoms with van der Waals surface area (Å²) in [5.41, 5.74) is 0. The standard InChI is InChI=1S/C70H136O17P2/c1-8-9-10-11-12-13-14-18-23-31-39-46-53-69(74)87-66(58-81-68(73)52-45-38-33-26-29-36-43-50-63(6)7)60-85-89(78,79)83-56-64(71)55-82-88(76,77)84-59-65(57-80-67(72)51-44-37-30-25-20-22-28-35-42-49-62(4)5)86-70(75)54-47-40-32-24-19-16-15-17-21-27-34-41-48-61(2)3/h61-66,71H,8-60H2,1-7H3,(H,76,77)(H,78,79)/t64-,65-,66-/m1/s1. The van der Waals surface area contributed by atoms with Crippen LogP contribution in [0.15, 0.2) is 0 Å². The minimum Gasteiger partial charge on any atom is -0.462 e. The molecule has 2 unspecified atom stereocenters. The number of ether oxygens (including phenoxy) is 4. The molecular formula is C70H136O17P2. The van der Waals surface area contributed by atoms with E-state index in [1.54, 1.807) is 0 Å². The van der Waals surface area contributed by atoms with Crippen LogP contribution in [0.2, 0.25) is 0 Å². The molecule has 0 radical (unpaired) electrons. The van der Waals surface area contributed by atoms with Gasteiger partial charge in [-0.15, -0.1) is 0 Å². The van der Waals surface area contributed by atoms with Crippen molar-refractivity contribution in [3.8, 4) is 0 Å². The van der Waals surface area contributed by atoms with E-state index in [1.807, 2.05) is 0 Å². The highest BCUT2D eigenvalue weighted by molar-refractivity contribution is 7.47. The Morgan fingerprint density at radius 1 is 0.303 bits per heavy atom. The van der Waals surface area contributed by atoms with Crippen LogP contribution in [0.5, 0.6) is 0 Å². The van der Waals surface area contributed by atoms with Crippen molar-refractivity contribution in [1.29, 1.82) is 0 Å². The van der Waals surface area contributed by atoms with Gasteiger partial charge in [0.1, 0.15) is 19.3 Å². The van der Waals surface area contributed by atoms with E-state index in [2.05, 4.69) is 48.5 Å². The SMILES string of the molecule is CCCCCCCCCCCCCCC(=O)O[C@H](COC(=O)CCCCCCCCCC(C)C)COP(=O)(O)OC[C@H](O)COP(=O)(O)OC[C@@H](COC(=O)CCCCCCCCCCCC(C)C)OC(=O)CCCCCCCCCCCCCCC(C)C. The molecule has 17 nitrogen and oxygen atoms in total. The number of aliphatic hydroxyl groups excluding tert-OH is 1. The number of carbonyl (C=O) groups excluding carboxylic acids is 4. The summed E-state index contributed by atoms with van der Waals surface area (Å²) in [4.78, 5) is 72.5. The first-order valence-corrected chi connectivity index (χ1v) is 39.3. The van der Waals surface area contributed by atoms with Gasteiger partial charge in [-0.1, -0.05) is 299 Å². The lowest BCUT2D eigenvalue weighted by Gasteiger charge is -2.21. The van der Waals surface area contributed by atoms with Crippen molar-refractivity contribution in [2.75, 3.05) is 39.6 Å². The lowest BCUT2D eigenvalue weighted by atomic mass is 10.0. The second kappa shape index (κ2) is 61.0. The van der Waals surface area contributed by atoms with Gasteiger partial charge >= 0.3 is 39.5 Å². The molecule has 5 atom stereocenters. The Hall–Kier alpha value is -1.94. The van der Waals surface area contributed by atoms with E-state index in [4.69, 9.17) is 37.0 Å². The van der Waals surface area contributed by atoms with E-state index >= 15 is 0 Å². The lowest BCUT2D eigenvalue weighted by molar-refractivity contribution is -0.161. The van der Waals surface area contributed by atoms with Crippen LogP contribution < -0.4 is 0 Å². The maximum Gasteiger partial charge on any atom is 0.472 e. The zero-order valence-corrected chi connectivity index (χ0v) is 59.7. The third-order valence-electron chi connectivity index (χ3n) is 16.1. The Morgan fingerprint density at radius 3 is 0.764 bits per heavy atom.